The van der Waals surface area contributed by atoms with Crippen molar-refractivity contribution in [1.29, 1.82) is 0 Å². The molecule has 3 N–H and O–H groups in total. The van der Waals surface area contributed by atoms with Crippen molar-refractivity contribution in [3.63, 3.8) is 0 Å². The van der Waals surface area contributed by atoms with Gasteiger partial charge in [-0.05, 0) is 42.2 Å². The Morgan fingerprint density at radius 1 is 1.20 bits per heavy atom. The standard InChI is InChI=1S/C17H18N2OS.C2H4O2/c1-2-12-21-17(18)19-15-8-10-16(11-9-15)20-13-14-6-4-3-5-7-14;1-2(3)4/h2-12H,13H2,1H3,(H2,18,19);1H3,(H,3,4)/b12-2+;. The molecule has 0 spiro atoms. The molecule has 0 heterocycles. The first-order chi connectivity index (χ1) is 12.0. The lowest BCUT2D eigenvalue weighted by Gasteiger charge is -2.06. The van der Waals surface area contributed by atoms with Crippen LogP contribution in [0.25, 0.3) is 0 Å². The Kier molecular flexibility index (Phi) is 9.55. The molecule has 0 unspecified atom stereocenters. The van der Waals surface area contributed by atoms with E-state index in [1.807, 2.05) is 73.0 Å². The van der Waals surface area contributed by atoms with Crippen molar-refractivity contribution in [2.45, 2.75) is 20.5 Å². The summed E-state index contributed by atoms with van der Waals surface area (Å²) < 4.78 is 5.72. The average molecular weight is 358 g/mol. The SMILES string of the molecule is C/C=C/SC(N)=Nc1ccc(OCc2ccccc2)cc1.CC(=O)O. The predicted octanol–water partition coefficient (Wildman–Crippen LogP) is 4.57. The molecule has 0 bridgehead atoms. The number of ether oxygens (including phenoxy) is 1. The van der Waals surface area contributed by atoms with E-state index in [9.17, 15) is 0 Å². The van der Waals surface area contributed by atoms with Gasteiger partial charge in [0.1, 0.15) is 12.4 Å². The first-order valence-corrected chi connectivity index (χ1v) is 8.47. The van der Waals surface area contributed by atoms with Crippen LogP contribution in [0.5, 0.6) is 5.75 Å². The van der Waals surface area contributed by atoms with Crippen molar-refractivity contribution in [2.24, 2.45) is 10.7 Å². The molecule has 0 amide bonds. The molecule has 0 saturated carbocycles. The van der Waals surface area contributed by atoms with E-state index >= 15 is 0 Å². The van der Waals surface area contributed by atoms with Gasteiger partial charge < -0.3 is 15.6 Å². The van der Waals surface area contributed by atoms with Crippen molar-refractivity contribution >= 4 is 28.6 Å². The molecule has 132 valence electrons. The van der Waals surface area contributed by atoms with Gasteiger partial charge in [-0.3, -0.25) is 4.79 Å². The fourth-order valence-corrected chi connectivity index (χ4v) is 2.08. The van der Waals surface area contributed by atoms with Crippen molar-refractivity contribution in [2.75, 3.05) is 0 Å². The molecule has 2 rings (SSSR count). The molecule has 0 aliphatic rings. The number of allylic oxidation sites excluding steroid dienone is 1. The van der Waals surface area contributed by atoms with Crippen LogP contribution in [-0.4, -0.2) is 16.2 Å². The zero-order valence-corrected chi connectivity index (χ0v) is 15.1. The summed E-state index contributed by atoms with van der Waals surface area (Å²) in [6, 6.07) is 17.7. The predicted molar refractivity (Wildman–Crippen MR) is 104 cm³/mol. The summed E-state index contributed by atoms with van der Waals surface area (Å²) in [4.78, 5) is 13.3. The van der Waals surface area contributed by atoms with Gasteiger partial charge in [0.2, 0.25) is 0 Å². The molecule has 25 heavy (non-hydrogen) atoms. The molecule has 0 aromatic heterocycles. The first kappa shape index (κ1) is 20.3. The van der Waals surface area contributed by atoms with Gasteiger partial charge in [0, 0.05) is 6.92 Å². The fraction of sp³-hybridized carbons (Fsp3) is 0.158. The van der Waals surface area contributed by atoms with Crippen LogP contribution in [0, 0.1) is 0 Å². The van der Waals surface area contributed by atoms with Crippen LogP contribution in [0.3, 0.4) is 0 Å². The summed E-state index contributed by atoms with van der Waals surface area (Å²) >= 11 is 1.40. The number of aliphatic imine (C=N–C) groups is 1. The Morgan fingerprint density at radius 3 is 2.36 bits per heavy atom. The number of rotatable bonds is 5. The van der Waals surface area contributed by atoms with Gasteiger partial charge in [0.25, 0.3) is 5.97 Å². The van der Waals surface area contributed by atoms with Crippen LogP contribution < -0.4 is 10.5 Å². The number of nitrogens with two attached hydrogens (primary N) is 1. The molecular formula is C19H22N2O3S. The monoisotopic (exact) mass is 358 g/mol. The van der Waals surface area contributed by atoms with Gasteiger partial charge in [-0.1, -0.05) is 48.2 Å². The molecule has 0 aliphatic carbocycles. The van der Waals surface area contributed by atoms with Crippen molar-refractivity contribution in [3.05, 3.63) is 71.6 Å². The molecule has 2 aromatic carbocycles. The number of hydrogen-bond acceptors (Lipinski definition) is 4. The molecule has 0 fully saturated rings. The van der Waals surface area contributed by atoms with Gasteiger partial charge >= 0.3 is 0 Å². The van der Waals surface area contributed by atoms with Gasteiger partial charge in [-0.2, -0.15) is 0 Å². The Hall–Kier alpha value is -2.73. The van der Waals surface area contributed by atoms with Crippen molar-refractivity contribution in [3.8, 4) is 5.75 Å². The topological polar surface area (TPSA) is 84.9 Å². The molecule has 0 saturated heterocycles. The number of amidine groups is 1. The van der Waals surface area contributed by atoms with Gasteiger partial charge in [0.05, 0.1) is 5.69 Å². The van der Waals surface area contributed by atoms with Crippen LogP contribution in [0.15, 0.2) is 71.1 Å². The number of carbonyl (C=O) groups is 1. The Balaban J connectivity index is 0.000000705. The van der Waals surface area contributed by atoms with Gasteiger partial charge in [-0.25, -0.2) is 4.99 Å². The van der Waals surface area contributed by atoms with E-state index in [-0.39, 0.29) is 0 Å². The Morgan fingerprint density at radius 2 is 1.80 bits per heavy atom. The summed E-state index contributed by atoms with van der Waals surface area (Å²) in [7, 11) is 0. The maximum atomic E-state index is 9.00. The second-order valence-corrected chi connectivity index (χ2v) is 5.75. The third kappa shape index (κ3) is 9.88. The summed E-state index contributed by atoms with van der Waals surface area (Å²) in [5, 5.41) is 9.84. The zero-order valence-electron chi connectivity index (χ0n) is 14.3. The number of hydrogen-bond donors (Lipinski definition) is 2. The molecule has 0 atom stereocenters. The third-order valence-corrected chi connectivity index (χ3v) is 3.39. The molecular weight excluding hydrogens is 336 g/mol. The molecule has 0 aliphatic heterocycles. The normalized spacial score (nSPS) is 10.9. The van der Waals surface area contributed by atoms with Gasteiger partial charge in [0.15, 0.2) is 5.17 Å². The van der Waals surface area contributed by atoms with E-state index in [0.29, 0.717) is 11.8 Å². The average Bonchev–Trinajstić information content (AvgIpc) is 2.60. The number of aliphatic carboxylic acids is 1. The minimum Gasteiger partial charge on any atom is -0.489 e. The lowest BCUT2D eigenvalue weighted by Crippen LogP contribution is -2.03. The Bertz CT molecular complexity index is 694. The molecule has 5 nitrogen and oxygen atoms in total. The van der Waals surface area contributed by atoms with E-state index in [1.54, 1.807) is 0 Å². The van der Waals surface area contributed by atoms with Gasteiger partial charge in [-0.15, -0.1) is 0 Å². The second kappa shape index (κ2) is 11.8. The molecule has 0 radical (unpaired) electrons. The summed E-state index contributed by atoms with van der Waals surface area (Å²) in [6.45, 7) is 3.59. The van der Waals surface area contributed by atoms with Crippen LogP contribution in [0.1, 0.15) is 19.4 Å². The van der Waals surface area contributed by atoms with E-state index in [4.69, 9.17) is 20.4 Å². The fourth-order valence-electron chi connectivity index (χ4n) is 1.65. The van der Waals surface area contributed by atoms with E-state index < -0.39 is 5.97 Å². The highest BCUT2D eigenvalue weighted by Crippen LogP contribution is 2.20. The number of benzene rings is 2. The number of carboxylic acid groups (broad SMARTS) is 1. The highest BCUT2D eigenvalue weighted by molar-refractivity contribution is 8.16. The first-order valence-electron chi connectivity index (χ1n) is 7.59. The summed E-state index contributed by atoms with van der Waals surface area (Å²) in [5.74, 6) is -0.0162. The van der Waals surface area contributed by atoms with Crippen LogP contribution in [-0.2, 0) is 11.4 Å². The zero-order chi connectivity index (χ0) is 18.5. The highest BCUT2D eigenvalue weighted by Gasteiger charge is 1.97. The summed E-state index contributed by atoms with van der Waals surface area (Å²) in [6.07, 6.45) is 1.92. The van der Waals surface area contributed by atoms with Crippen LogP contribution in [0.2, 0.25) is 0 Å². The van der Waals surface area contributed by atoms with Crippen molar-refractivity contribution in [1.82, 2.24) is 0 Å². The maximum absolute atomic E-state index is 9.00. The maximum Gasteiger partial charge on any atom is 0.300 e. The highest BCUT2D eigenvalue weighted by atomic mass is 32.2. The lowest BCUT2D eigenvalue weighted by atomic mass is 10.2. The minimum absolute atomic E-state index is 0.519. The van der Waals surface area contributed by atoms with Crippen LogP contribution in [0.4, 0.5) is 5.69 Å². The minimum atomic E-state index is -0.833. The lowest BCUT2D eigenvalue weighted by molar-refractivity contribution is -0.134. The quantitative estimate of drug-likeness (QED) is 0.604. The van der Waals surface area contributed by atoms with E-state index in [1.165, 1.54) is 11.8 Å². The number of thioether (sulfide) groups is 1. The smallest absolute Gasteiger partial charge is 0.300 e. The number of carboxylic acids is 1. The van der Waals surface area contributed by atoms with E-state index in [2.05, 4.69) is 4.99 Å². The Labute approximate surface area is 152 Å². The summed E-state index contributed by atoms with van der Waals surface area (Å²) in [5.41, 5.74) is 7.76. The van der Waals surface area contributed by atoms with E-state index in [0.717, 1.165) is 23.9 Å². The van der Waals surface area contributed by atoms with Crippen LogP contribution >= 0.6 is 11.8 Å². The molecule has 2 aromatic rings. The largest absolute Gasteiger partial charge is 0.489 e. The molecule has 6 heteroatoms. The third-order valence-electron chi connectivity index (χ3n) is 2.65. The second-order valence-electron chi connectivity index (χ2n) is 4.82. The number of nitrogens with zero attached hydrogens (tertiary/aromatic N) is 1. The van der Waals surface area contributed by atoms with Crippen molar-refractivity contribution < 1.29 is 14.6 Å².